The molecule has 1 aromatic carbocycles. The predicted molar refractivity (Wildman–Crippen MR) is 74.8 cm³/mol. The van der Waals surface area contributed by atoms with Gasteiger partial charge in [-0.05, 0) is 12.0 Å². The molecule has 3 rings (SSSR count). The molecule has 3 atom stereocenters. The number of hydrogen-bond acceptors (Lipinski definition) is 2. The van der Waals surface area contributed by atoms with E-state index in [0.29, 0.717) is 24.2 Å². The average molecular weight is 260 g/mol. The molecule has 2 nitrogen and oxygen atoms in total. The fourth-order valence-corrected chi connectivity index (χ4v) is 7.01. The maximum Gasteiger partial charge on any atom is 0.138 e. The fraction of sp³-hybridized carbons (Fsp3) is 0.533. The quantitative estimate of drug-likeness (QED) is 0.764. The summed E-state index contributed by atoms with van der Waals surface area (Å²) >= 11 is 0. The van der Waals surface area contributed by atoms with Crippen molar-refractivity contribution in [1.82, 2.24) is 0 Å². The van der Waals surface area contributed by atoms with Crippen molar-refractivity contribution in [3.63, 3.8) is 0 Å². The summed E-state index contributed by atoms with van der Waals surface area (Å²) in [6.45, 7) is 4.84. The molecule has 2 bridgehead atoms. The van der Waals surface area contributed by atoms with Crippen molar-refractivity contribution in [1.29, 1.82) is 0 Å². The van der Waals surface area contributed by atoms with Crippen LogP contribution in [-0.2, 0) is 9.53 Å². The minimum absolute atomic E-state index is 0.193. The number of ketones is 1. The summed E-state index contributed by atoms with van der Waals surface area (Å²) in [4.78, 5) is 11.7. The molecule has 3 unspecified atom stereocenters. The zero-order valence-corrected chi connectivity index (χ0v) is 12.1. The second-order valence-electron chi connectivity index (χ2n) is 6.17. The summed E-state index contributed by atoms with van der Waals surface area (Å²) in [6.07, 6.45) is 2.77. The Bertz CT molecular complexity index is 455. The van der Waals surface area contributed by atoms with E-state index in [0.717, 1.165) is 6.42 Å². The van der Waals surface area contributed by atoms with E-state index in [1.165, 1.54) is 5.19 Å². The second kappa shape index (κ2) is 4.32. The maximum absolute atomic E-state index is 11.7. The van der Waals surface area contributed by atoms with Crippen LogP contribution in [0.15, 0.2) is 30.3 Å². The van der Waals surface area contributed by atoms with E-state index in [1.54, 1.807) is 0 Å². The van der Waals surface area contributed by atoms with Gasteiger partial charge in [-0.3, -0.25) is 4.79 Å². The van der Waals surface area contributed by atoms with Gasteiger partial charge in [0.25, 0.3) is 0 Å². The van der Waals surface area contributed by atoms with Crippen molar-refractivity contribution in [2.45, 2.75) is 50.1 Å². The lowest BCUT2D eigenvalue weighted by Gasteiger charge is -2.33. The summed E-state index contributed by atoms with van der Waals surface area (Å²) in [5, 5.41) is 1.48. The van der Waals surface area contributed by atoms with Gasteiger partial charge < -0.3 is 4.74 Å². The minimum atomic E-state index is -1.54. The zero-order valence-electron chi connectivity index (χ0n) is 11.1. The standard InChI is InChI=1S/C15H20O2Si/c1-18(2,13-6-4-3-5-7-13)15-10-12-8-11(16)9-14(15)17-12/h3-7,12,14-15H,8-10H2,1-2H3. The number of rotatable bonds is 2. The van der Waals surface area contributed by atoms with E-state index in [9.17, 15) is 4.79 Å². The van der Waals surface area contributed by atoms with Crippen molar-refractivity contribution in [3.8, 4) is 0 Å². The highest BCUT2D eigenvalue weighted by molar-refractivity contribution is 6.91. The van der Waals surface area contributed by atoms with Crippen LogP contribution in [0.4, 0.5) is 0 Å². The van der Waals surface area contributed by atoms with Crippen molar-refractivity contribution in [2.24, 2.45) is 0 Å². The Morgan fingerprint density at radius 2 is 1.89 bits per heavy atom. The number of carbonyl (C=O) groups is 1. The first-order valence-corrected chi connectivity index (χ1v) is 9.88. The largest absolute Gasteiger partial charge is 0.374 e. The van der Waals surface area contributed by atoms with E-state index >= 15 is 0 Å². The third-order valence-electron chi connectivity index (χ3n) is 4.66. The van der Waals surface area contributed by atoms with E-state index in [1.807, 2.05) is 0 Å². The van der Waals surface area contributed by atoms with Crippen molar-refractivity contribution < 1.29 is 9.53 Å². The Labute approximate surface area is 109 Å². The Morgan fingerprint density at radius 3 is 2.61 bits per heavy atom. The Balaban J connectivity index is 1.89. The summed E-state index contributed by atoms with van der Waals surface area (Å²) in [5.41, 5.74) is 0.594. The predicted octanol–water partition coefficient (Wildman–Crippen LogP) is 2.49. The molecule has 2 aliphatic heterocycles. The first-order valence-electron chi connectivity index (χ1n) is 6.80. The molecular weight excluding hydrogens is 240 g/mol. The van der Waals surface area contributed by atoms with Crippen LogP contribution in [0.5, 0.6) is 0 Å². The van der Waals surface area contributed by atoms with Crippen molar-refractivity contribution in [3.05, 3.63) is 30.3 Å². The van der Waals surface area contributed by atoms with Crippen LogP contribution in [-0.4, -0.2) is 26.1 Å². The van der Waals surface area contributed by atoms with Gasteiger partial charge in [-0.25, -0.2) is 0 Å². The van der Waals surface area contributed by atoms with Gasteiger partial charge in [-0.1, -0.05) is 48.6 Å². The van der Waals surface area contributed by atoms with Gasteiger partial charge in [0.15, 0.2) is 0 Å². The van der Waals surface area contributed by atoms with E-state index < -0.39 is 8.07 Å². The van der Waals surface area contributed by atoms with Crippen LogP contribution >= 0.6 is 0 Å². The van der Waals surface area contributed by atoms with Gasteiger partial charge in [0.2, 0.25) is 0 Å². The molecule has 0 radical (unpaired) electrons. The normalized spacial score (nSPS) is 31.7. The molecule has 0 spiro atoms. The minimum Gasteiger partial charge on any atom is -0.374 e. The summed E-state index contributed by atoms with van der Waals surface area (Å²) in [7, 11) is -1.54. The second-order valence-corrected chi connectivity index (χ2v) is 10.9. The number of Topliss-reactive ketones (excluding diaryl/α,β-unsaturated/α-hetero) is 1. The SMILES string of the molecule is C[Si](C)(c1ccccc1)C1CC2CC(=O)CC1O2. The van der Waals surface area contributed by atoms with Gasteiger partial charge in [0.05, 0.1) is 20.3 Å². The lowest BCUT2D eigenvalue weighted by molar-refractivity contribution is -0.129. The van der Waals surface area contributed by atoms with Crippen LogP contribution in [0.2, 0.25) is 18.6 Å². The molecule has 0 N–H and O–H groups in total. The lowest BCUT2D eigenvalue weighted by atomic mass is 10.1. The van der Waals surface area contributed by atoms with E-state index in [2.05, 4.69) is 43.4 Å². The van der Waals surface area contributed by atoms with Crippen LogP contribution in [0.25, 0.3) is 0 Å². The molecule has 3 heteroatoms. The molecule has 0 aromatic heterocycles. The van der Waals surface area contributed by atoms with Gasteiger partial charge in [-0.2, -0.15) is 0 Å². The highest BCUT2D eigenvalue weighted by Crippen LogP contribution is 2.44. The van der Waals surface area contributed by atoms with Gasteiger partial charge in [0.1, 0.15) is 5.78 Å². The molecule has 2 saturated heterocycles. The molecule has 18 heavy (non-hydrogen) atoms. The number of benzene rings is 1. The van der Waals surface area contributed by atoms with E-state index in [4.69, 9.17) is 4.74 Å². The molecule has 0 saturated carbocycles. The first-order chi connectivity index (χ1) is 8.57. The van der Waals surface area contributed by atoms with Crippen molar-refractivity contribution >= 4 is 19.0 Å². The molecule has 0 amide bonds. The number of fused-ring (bicyclic) bond motifs is 2. The molecule has 1 aromatic rings. The molecule has 2 heterocycles. The average Bonchev–Trinajstić information content (AvgIpc) is 2.66. The first kappa shape index (κ1) is 12.1. The molecular formula is C15H20O2Si. The molecule has 2 aliphatic rings. The zero-order chi connectivity index (χ0) is 12.8. The number of ether oxygens (including phenoxy) is 1. The van der Waals surface area contributed by atoms with Crippen LogP contribution < -0.4 is 5.19 Å². The summed E-state index contributed by atoms with van der Waals surface area (Å²) < 4.78 is 6.00. The van der Waals surface area contributed by atoms with Gasteiger partial charge >= 0.3 is 0 Å². The molecule has 2 fully saturated rings. The highest BCUT2D eigenvalue weighted by Gasteiger charge is 2.49. The monoisotopic (exact) mass is 260 g/mol. The topological polar surface area (TPSA) is 26.3 Å². The van der Waals surface area contributed by atoms with Crippen LogP contribution in [0.1, 0.15) is 19.3 Å². The number of carbonyl (C=O) groups excluding carboxylic acids is 1. The number of hydrogen-bond donors (Lipinski definition) is 0. The van der Waals surface area contributed by atoms with E-state index in [-0.39, 0.29) is 12.2 Å². The van der Waals surface area contributed by atoms with Gasteiger partial charge in [-0.15, -0.1) is 0 Å². The van der Waals surface area contributed by atoms with Gasteiger partial charge in [0, 0.05) is 12.8 Å². The smallest absolute Gasteiger partial charge is 0.138 e. The maximum atomic E-state index is 11.7. The van der Waals surface area contributed by atoms with Crippen LogP contribution in [0, 0.1) is 0 Å². The Hall–Kier alpha value is -0.933. The highest BCUT2D eigenvalue weighted by atomic mass is 28.3. The summed E-state index contributed by atoms with van der Waals surface area (Å²) in [5.74, 6) is 0.400. The lowest BCUT2D eigenvalue weighted by Crippen LogP contribution is -2.48. The van der Waals surface area contributed by atoms with Crippen LogP contribution in [0.3, 0.4) is 0 Å². The third-order valence-corrected chi connectivity index (χ3v) is 8.94. The Morgan fingerprint density at radius 1 is 1.17 bits per heavy atom. The summed E-state index contributed by atoms with van der Waals surface area (Å²) in [6, 6.07) is 10.8. The van der Waals surface area contributed by atoms with Crippen molar-refractivity contribution in [2.75, 3.05) is 0 Å². The molecule has 96 valence electrons. The third kappa shape index (κ3) is 1.95. The fourth-order valence-electron chi connectivity index (χ4n) is 3.56. The molecule has 0 aliphatic carbocycles. The Kier molecular flexibility index (Phi) is 2.91.